The zero-order valence-electron chi connectivity index (χ0n) is 13.4. The first-order chi connectivity index (χ1) is 12.1. The van der Waals surface area contributed by atoms with Gasteiger partial charge < -0.3 is 4.74 Å². The molecule has 4 rings (SSSR count). The summed E-state index contributed by atoms with van der Waals surface area (Å²) in [5.74, 6) is 1.83. The molecule has 0 aliphatic carbocycles. The summed E-state index contributed by atoms with van der Waals surface area (Å²) < 4.78 is 30.4. The molecule has 0 unspecified atom stereocenters. The zero-order valence-corrected chi connectivity index (χ0v) is 14.3. The van der Waals surface area contributed by atoms with E-state index in [1.54, 1.807) is 6.33 Å². The third-order valence-corrected chi connectivity index (χ3v) is 6.12. The SMILES string of the molecule is O=S1(=O)CC(COc2ccccc2-c2nncn2-c2ccccc2)C1. The van der Waals surface area contributed by atoms with Crippen LogP contribution in [0, 0.1) is 5.92 Å². The Morgan fingerprint density at radius 1 is 1.04 bits per heavy atom. The molecule has 2 heterocycles. The molecular weight excluding hydrogens is 338 g/mol. The molecule has 128 valence electrons. The highest BCUT2D eigenvalue weighted by Crippen LogP contribution is 2.31. The smallest absolute Gasteiger partial charge is 0.172 e. The lowest BCUT2D eigenvalue weighted by Gasteiger charge is -2.25. The Kier molecular flexibility index (Phi) is 4.01. The average molecular weight is 355 g/mol. The zero-order chi connectivity index (χ0) is 17.3. The molecule has 1 saturated heterocycles. The molecule has 6 nitrogen and oxygen atoms in total. The maximum atomic E-state index is 11.3. The maximum absolute atomic E-state index is 11.3. The number of para-hydroxylation sites is 2. The van der Waals surface area contributed by atoms with Crippen LogP contribution in [0.2, 0.25) is 0 Å². The van der Waals surface area contributed by atoms with Gasteiger partial charge in [0.05, 0.1) is 23.7 Å². The largest absolute Gasteiger partial charge is 0.492 e. The van der Waals surface area contributed by atoms with Gasteiger partial charge in [0.2, 0.25) is 0 Å². The number of hydrogen-bond acceptors (Lipinski definition) is 5. The predicted molar refractivity (Wildman–Crippen MR) is 94.4 cm³/mol. The van der Waals surface area contributed by atoms with Crippen LogP contribution in [0.1, 0.15) is 0 Å². The fraction of sp³-hybridized carbons (Fsp3) is 0.222. The first-order valence-corrected chi connectivity index (χ1v) is 9.82. The molecule has 0 N–H and O–H groups in total. The monoisotopic (exact) mass is 355 g/mol. The maximum Gasteiger partial charge on any atom is 0.172 e. The highest BCUT2D eigenvalue weighted by molar-refractivity contribution is 7.92. The van der Waals surface area contributed by atoms with Crippen molar-refractivity contribution in [3.8, 4) is 22.8 Å². The molecule has 0 spiro atoms. The van der Waals surface area contributed by atoms with Crippen LogP contribution in [0.4, 0.5) is 0 Å². The number of benzene rings is 2. The van der Waals surface area contributed by atoms with E-state index in [1.165, 1.54) is 0 Å². The Morgan fingerprint density at radius 3 is 2.52 bits per heavy atom. The van der Waals surface area contributed by atoms with Gasteiger partial charge in [0.25, 0.3) is 0 Å². The second kappa shape index (κ2) is 6.33. The van der Waals surface area contributed by atoms with Gasteiger partial charge in [-0.05, 0) is 24.3 Å². The molecule has 1 fully saturated rings. The van der Waals surface area contributed by atoms with Crippen molar-refractivity contribution in [2.75, 3.05) is 18.1 Å². The van der Waals surface area contributed by atoms with Crippen molar-refractivity contribution in [1.29, 1.82) is 0 Å². The summed E-state index contributed by atoms with van der Waals surface area (Å²) in [6.45, 7) is 0.385. The number of rotatable bonds is 5. The van der Waals surface area contributed by atoms with Gasteiger partial charge >= 0.3 is 0 Å². The van der Waals surface area contributed by atoms with Gasteiger partial charge in [-0.2, -0.15) is 0 Å². The number of hydrogen-bond donors (Lipinski definition) is 0. The molecule has 0 radical (unpaired) electrons. The summed E-state index contributed by atoms with van der Waals surface area (Å²) in [5.41, 5.74) is 1.79. The summed E-state index contributed by atoms with van der Waals surface area (Å²) in [6.07, 6.45) is 1.67. The van der Waals surface area contributed by atoms with E-state index >= 15 is 0 Å². The van der Waals surface area contributed by atoms with Crippen LogP contribution in [0.5, 0.6) is 5.75 Å². The lowest BCUT2D eigenvalue weighted by Crippen LogP contribution is -2.39. The molecule has 1 aromatic heterocycles. The minimum absolute atomic E-state index is 0.0602. The van der Waals surface area contributed by atoms with Crippen LogP contribution < -0.4 is 4.74 Å². The minimum Gasteiger partial charge on any atom is -0.492 e. The van der Waals surface area contributed by atoms with Crippen molar-refractivity contribution in [3.63, 3.8) is 0 Å². The topological polar surface area (TPSA) is 74.1 Å². The van der Waals surface area contributed by atoms with E-state index in [-0.39, 0.29) is 17.4 Å². The molecular formula is C18H17N3O3S. The standard InChI is InChI=1S/C18H17N3O3S/c22-25(23)11-14(12-25)10-24-17-9-5-4-8-16(17)18-20-19-13-21(18)15-6-2-1-3-7-15/h1-9,13-14H,10-12H2. The van der Waals surface area contributed by atoms with Crippen LogP contribution in [0.15, 0.2) is 60.9 Å². The van der Waals surface area contributed by atoms with Gasteiger partial charge in [0.1, 0.15) is 12.1 Å². The molecule has 0 amide bonds. The first kappa shape index (κ1) is 15.8. The van der Waals surface area contributed by atoms with Gasteiger partial charge in [0.15, 0.2) is 15.7 Å². The molecule has 3 aromatic rings. The van der Waals surface area contributed by atoms with Crippen molar-refractivity contribution in [2.24, 2.45) is 5.92 Å². The summed E-state index contributed by atoms with van der Waals surface area (Å²) >= 11 is 0. The van der Waals surface area contributed by atoms with Crippen LogP contribution in [-0.2, 0) is 9.84 Å². The van der Waals surface area contributed by atoms with Crippen LogP contribution in [-0.4, -0.2) is 41.3 Å². The Hall–Kier alpha value is -2.67. The van der Waals surface area contributed by atoms with Crippen molar-refractivity contribution >= 4 is 9.84 Å². The third kappa shape index (κ3) is 3.28. The molecule has 7 heteroatoms. The number of nitrogens with zero attached hydrogens (tertiary/aromatic N) is 3. The van der Waals surface area contributed by atoms with Gasteiger partial charge in [-0.15, -0.1) is 10.2 Å². The minimum atomic E-state index is -2.84. The fourth-order valence-corrected chi connectivity index (χ4v) is 4.48. The Labute approximate surface area is 146 Å². The highest BCUT2D eigenvalue weighted by atomic mass is 32.2. The molecule has 1 aliphatic heterocycles. The second-order valence-corrected chi connectivity index (χ2v) is 8.26. The van der Waals surface area contributed by atoms with E-state index in [9.17, 15) is 8.42 Å². The van der Waals surface area contributed by atoms with Gasteiger partial charge in [-0.25, -0.2) is 8.42 Å². The number of sulfone groups is 1. The van der Waals surface area contributed by atoms with Crippen molar-refractivity contribution in [2.45, 2.75) is 0 Å². The van der Waals surface area contributed by atoms with E-state index in [4.69, 9.17) is 4.74 Å². The van der Waals surface area contributed by atoms with Gasteiger partial charge in [-0.1, -0.05) is 30.3 Å². The number of aromatic nitrogens is 3. The van der Waals surface area contributed by atoms with Crippen molar-refractivity contribution < 1.29 is 13.2 Å². The van der Waals surface area contributed by atoms with E-state index in [1.807, 2.05) is 59.2 Å². The van der Waals surface area contributed by atoms with Crippen LogP contribution in [0.3, 0.4) is 0 Å². The van der Waals surface area contributed by atoms with Gasteiger partial charge in [-0.3, -0.25) is 4.57 Å². The summed E-state index contributed by atoms with van der Waals surface area (Å²) in [4.78, 5) is 0. The highest BCUT2D eigenvalue weighted by Gasteiger charge is 2.33. The molecule has 25 heavy (non-hydrogen) atoms. The lowest BCUT2D eigenvalue weighted by atomic mass is 10.1. The second-order valence-electron chi connectivity index (χ2n) is 6.11. The summed E-state index contributed by atoms with van der Waals surface area (Å²) in [7, 11) is -2.84. The normalized spacial score (nSPS) is 16.3. The van der Waals surface area contributed by atoms with E-state index in [0.717, 1.165) is 11.3 Å². The third-order valence-electron chi connectivity index (χ3n) is 4.16. The Bertz CT molecular complexity index is 972. The Morgan fingerprint density at radius 2 is 1.76 bits per heavy atom. The van der Waals surface area contributed by atoms with E-state index in [2.05, 4.69) is 10.2 Å². The van der Waals surface area contributed by atoms with E-state index < -0.39 is 9.84 Å². The van der Waals surface area contributed by atoms with Crippen molar-refractivity contribution in [1.82, 2.24) is 14.8 Å². The average Bonchev–Trinajstić information content (AvgIpc) is 3.08. The number of ether oxygens (including phenoxy) is 1. The summed E-state index contributed by atoms with van der Waals surface area (Å²) in [5, 5.41) is 8.28. The fourth-order valence-electron chi connectivity index (χ4n) is 2.95. The quantitative estimate of drug-likeness (QED) is 0.702. The molecule has 2 aromatic carbocycles. The predicted octanol–water partition coefficient (Wildman–Crippen LogP) is 2.36. The van der Waals surface area contributed by atoms with E-state index in [0.29, 0.717) is 18.2 Å². The summed E-state index contributed by atoms with van der Waals surface area (Å²) in [6, 6.07) is 17.4. The molecule has 0 atom stereocenters. The molecule has 0 saturated carbocycles. The van der Waals surface area contributed by atoms with Crippen LogP contribution in [0.25, 0.3) is 17.1 Å². The van der Waals surface area contributed by atoms with Crippen molar-refractivity contribution in [3.05, 3.63) is 60.9 Å². The lowest BCUT2D eigenvalue weighted by molar-refractivity contribution is 0.264. The molecule has 1 aliphatic rings. The first-order valence-electron chi connectivity index (χ1n) is 8.00. The Balaban J connectivity index is 1.61. The van der Waals surface area contributed by atoms with Gasteiger partial charge in [0, 0.05) is 11.6 Å². The van der Waals surface area contributed by atoms with Crippen LogP contribution >= 0.6 is 0 Å². The molecule has 0 bridgehead atoms.